The van der Waals surface area contributed by atoms with E-state index in [1.54, 1.807) is 0 Å². The molecule has 24 heavy (non-hydrogen) atoms. The van der Waals surface area contributed by atoms with Crippen molar-refractivity contribution in [3.05, 3.63) is 29.6 Å². The second-order valence-corrected chi connectivity index (χ2v) is 6.42. The number of carbonyl (C=O) groups excluding carboxylic acids is 1. The number of aryl methyl sites for hydroxylation is 1. The SMILES string of the molecule is CCOC(=O)c1ccc2n1CCc1cnc(NC3CCCC3)nc1-2. The van der Waals surface area contributed by atoms with Gasteiger partial charge in [-0.05, 0) is 38.3 Å². The molecule has 0 radical (unpaired) electrons. The molecule has 4 rings (SSSR count). The zero-order valence-corrected chi connectivity index (χ0v) is 13.9. The molecular formula is C18H22N4O2. The maximum atomic E-state index is 12.1. The average Bonchev–Trinajstić information content (AvgIpc) is 3.24. The zero-order valence-electron chi connectivity index (χ0n) is 13.9. The van der Waals surface area contributed by atoms with E-state index in [0.29, 0.717) is 24.3 Å². The van der Waals surface area contributed by atoms with Crippen LogP contribution in [0.2, 0.25) is 0 Å². The van der Waals surface area contributed by atoms with Gasteiger partial charge in [0.1, 0.15) is 5.69 Å². The van der Waals surface area contributed by atoms with Gasteiger partial charge < -0.3 is 14.6 Å². The van der Waals surface area contributed by atoms with Crippen LogP contribution in [0.25, 0.3) is 11.4 Å². The van der Waals surface area contributed by atoms with Crippen molar-refractivity contribution in [1.29, 1.82) is 0 Å². The van der Waals surface area contributed by atoms with Crippen molar-refractivity contribution < 1.29 is 9.53 Å². The number of ether oxygens (including phenoxy) is 1. The second kappa shape index (κ2) is 6.26. The minimum absolute atomic E-state index is 0.273. The van der Waals surface area contributed by atoms with E-state index in [0.717, 1.165) is 29.9 Å². The first-order valence-corrected chi connectivity index (χ1v) is 8.75. The number of rotatable bonds is 4. The van der Waals surface area contributed by atoms with E-state index in [2.05, 4.69) is 10.3 Å². The topological polar surface area (TPSA) is 69.0 Å². The van der Waals surface area contributed by atoms with E-state index < -0.39 is 0 Å². The van der Waals surface area contributed by atoms with Crippen molar-refractivity contribution >= 4 is 11.9 Å². The minimum atomic E-state index is -0.273. The smallest absolute Gasteiger partial charge is 0.354 e. The average molecular weight is 326 g/mol. The number of nitrogens with one attached hydrogen (secondary N) is 1. The van der Waals surface area contributed by atoms with E-state index in [4.69, 9.17) is 9.72 Å². The number of fused-ring (bicyclic) bond motifs is 3. The summed E-state index contributed by atoms with van der Waals surface area (Å²) >= 11 is 0. The first kappa shape index (κ1) is 15.2. The Bertz CT molecular complexity index is 762. The summed E-state index contributed by atoms with van der Waals surface area (Å²) < 4.78 is 7.15. The lowest BCUT2D eigenvalue weighted by molar-refractivity contribution is 0.0514. The normalized spacial score (nSPS) is 16.5. The predicted molar refractivity (Wildman–Crippen MR) is 91.0 cm³/mol. The van der Waals surface area contributed by atoms with Gasteiger partial charge in [-0.3, -0.25) is 0 Å². The number of hydrogen-bond acceptors (Lipinski definition) is 5. The maximum Gasteiger partial charge on any atom is 0.354 e. The Balaban J connectivity index is 1.65. The molecule has 0 unspecified atom stereocenters. The summed E-state index contributed by atoms with van der Waals surface area (Å²) in [6, 6.07) is 4.26. The number of nitrogens with zero attached hydrogens (tertiary/aromatic N) is 3. The lowest BCUT2D eigenvalue weighted by Crippen LogP contribution is -2.20. The molecular weight excluding hydrogens is 304 g/mol. The quantitative estimate of drug-likeness (QED) is 0.875. The molecule has 2 aliphatic rings. The molecule has 2 aromatic rings. The van der Waals surface area contributed by atoms with E-state index in [1.807, 2.05) is 29.8 Å². The van der Waals surface area contributed by atoms with Crippen LogP contribution in [0, 0.1) is 0 Å². The minimum Gasteiger partial charge on any atom is -0.461 e. The number of hydrogen-bond donors (Lipinski definition) is 1. The fourth-order valence-corrected chi connectivity index (χ4v) is 3.66. The van der Waals surface area contributed by atoms with Gasteiger partial charge in [-0.2, -0.15) is 0 Å². The molecule has 3 heterocycles. The molecule has 1 saturated carbocycles. The molecule has 6 nitrogen and oxygen atoms in total. The van der Waals surface area contributed by atoms with Gasteiger partial charge in [-0.1, -0.05) is 12.8 Å². The van der Waals surface area contributed by atoms with Crippen molar-refractivity contribution in [3.8, 4) is 11.4 Å². The molecule has 2 aromatic heterocycles. The van der Waals surface area contributed by atoms with Gasteiger partial charge in [0.05, 0.1) is 18.0 Å². The summed E-state index contributed by atoms with van der Waals surface area (Å²) in [5, 5.41) is 3.45. The Hall–Kier alpha value is -2.37. The van der Waals surface area contributed by atoms with Crippen molar-refractivity contribution in [2.45, 2.75) is 51.6 Å². The van der Waals surface area contributed by atoms with Gasteiger partial charge in [0.2, 0.25) is 5.95 Å². The highest BCUT2D eigenvalue weighted by molar-refractivity contribution is 5.89. The highest BCUT2D eigenvalue weighted by atomic mass is 16.5. The molecule has 0 amide bonds. The van der Waals surface area contributed by atoms with Crippen molar-refractivity contribution in [2.24, 2.45) is 0 Å². The van der Waals surface area contributed by atoms with Gasteiger partial charge in [0.25, 0.3) is 0 Å². The fraction of sp³-hybridized carbons (Fsp3) is 0.500. The molecule has 0 bridgehead atoms. The molecule has 0 atom stereocenters. The highest BCUT2D eigenvalue weighted by Gasteiger charge is 2.24. The standard InChI is InChI=1S/C18H22N4O2/c1-2-24-17(23)15-8-7-14-16-12(9-10-22(14)15)11-19-18(21-16)20-13-5-3-4-6-13/h7-8,11,13H,2-6,9-10H2,1H3,(H,19,20,21). The molecule has 1 aliphatic heterocycles. The molecule has 0 aromatic carbocycles. The molecule has 126 valence electrons. The summed E-state index contributed by atoms with van der Waals surface area (Å²) in [6.07, 6.45) is 7.66. The van der Waals surface area contributed by atoms with Gasteiger partial charge in [0.15, 0.2) is 0 Å². The van der Waals surface area contributed by atoms with Gasteiger partial charge in [0, 0.05) is 24.3 Å². The Morgan fingerprint density at radius 1 is 1.38 bits per heavy atom. The number of aromatic nitrogens is 3. The molecule has 0 spiro atoms. The van der Waals surface area contributed by atoms with Crippen LogP contribution < -0.4 is 5.32 Å². The zero-order chi connectivity index (χ0) is 16.5. The van der Waals surface area contributed by atoms with Gasteiger partial charge in [-0.25, -0.2) is 14.8 Å². The third-order valence-electron chi connectivity index (χ3n) is 4.87. The van der Waals surface area contributed by atoms with Crippen LogP contribution in [0.3, 0.4) is 0 Å². The summed E-state index contributed by atoms with van der Waals surface area (Å²) in [5.74, 6) is 0.415. The van der Waals surface area contributed by atoms with E-state index in [1.165, 1.54) is 25.7 Å². The first-order chi connectivity index (χ1) is 11.8. The van der Waals surface area contributed by atoms with Crippen molar-refractivity contribution in [2.75, 3.05) is 11.9 Å². The fourth-order valence-electron chi connectivity index (χ4n) is 3.66. The summed E-state index contributed by atoms with van der Waals surface area (Å²) in [6.45, 7) is 2.96. The Morgan fingerprint density at radius 3 is 3.00 bits per heavy atom. The molecule has 1 aliphatic carbocycles. The van der Waals surface area contributed by atoms with E-state index >= 15 is 0 Å². The Morgan fingerprint density at radius 2 is 2.21 bits per heavy atom. The third-order valence-corrected chi connectivity index (χ3v) is 4.87. The lowest BCUT2D eigenvalue weighted by Gasteiger charge is -2.21. The number of carbonyl (C=O) groups is 1. The second-order valence-electron chi connectivity index (χ2n) is 6.42. The van der Waals surface area contributed by atoms with Crippen molar-refractivity contribution in [1.82, 2.24) is 14.5 Å². The van der Waals surface area contributed by atoms with Crippen LogP contribution in [-0.4, -0.2) is 33.2 Å². The lowest BCUT2D eigenvalue weighted by atomic mass is 10.1. The van der Waals surface area contributed by atoms with Crippen LogP contribution in [0.5, 0.6) is 0 Å². The van der Waals surface area contributed by atoms with E-state index in [9.17, 15) is 4.79 Å². The Labute approximate surface area is 141 Å². The van der Waals surface area contributed by atoms with Gasteiger partial charge in [-0.15, -0.1) is 0 Å². The summed E-state index contributed by atoms with van der Waals surface area (Å²) in [7, 11) is 0. The first-order valence-electron chi connectivity index (χ1n) is 8.75. The number of esters is 1. The van der Waals surface area contributed by atoms with Crippen LogP contribution in [0.15, 0.2) is 18.3 Å². The molecule has 0 saturated heterocycles. The van der Waals surface area contributed by atoms with Gasteiger partial charge >= 0.3 is 5.97 Å². The van der Waals surface area contributed by atoms with Crippen molar-refractivity contribution in [3.63, 3.8) is 0 Å². The van der Waals surface area contributed by atoms with Crippen LogP contribution in [-0.2, 0) is 17.7 Å². The predicted octanol–water partition coefficient (Wildman–Crippen LogP) is 3.03. The van der Waals surface area contributed by atoms with Crippen LogP contribution >= 0.6 is 0 Å². The maximum absolute atomic E-state index is 12.1. The van der Waals surface area contributed by atoms with Crippen LogP contribution in [0.4, 0.5) is 5.95 Å². The molecule has 1 fully saturated rings. The highest BCUT2D eigenvalue weighted by Crippen LogP contribution is 2.31. The Kier molecular flexibility index (Phi) is 3.96. The third kappa shape index (κ3) is 2.66. The monoisotopic (exact) mass is 326 g/mol. The summed E-state index contributed by atoms with van der Waals surface area (Å²) in [5.41, 5.74) is 3.62. The van der Waals surface area contributed by atoms with Crippen LogP contribution in [0.1, 0.15) is 48.7 Å². The largest absolute Gasteiger partial charge is 0.461 e. The molecule has 6 heteroatoms. The molecule has 1 N–H and O–H groups in total. The van der Waals surface area contributed by atoms with E-state index in [-0.39, 0.29) is 5.97 Å². The number of anilines is 1. The summed E-state index contributed by atoms with van der Waals surface area (Å²) in [4.78, 5) is 21.3.